The van der Waals surface area contributed by atoms with Gasteiger partial charge in [-0.15, -0.1) is 0 Å². The molecule has 3 aliphatic heterocycles. The molecule has 3 heterocycles. The first kappa shape index (κ1) is 31.8. The number of aliphatic hydroxyl groups is 2. The fraction of sp³-hybridized carbons (Fsp3) is 0.972. The Morgan fingerprint density at radius 2 is 1.80 bits per heavy atom. The summed E-state index contributed by atoms with van der Waals surface area (Å²) in [6, 6.07) is 0. The molecule has 0 bridgehead atoms. The van der Waals surface area contributed by atoms with Crippen molar-refractivity contribution >= 4 is 5.91 Å². The minimum absolute atomic E-state index is 0. The Labute approximate surface area is 266 Å². The van der Waals surface area contributed by atoms with Crippen molar-refractivity contribution in [2.45, 2.75) is 148 Å². The number of hydrogen-bond acceptors (Lipinski definition) is 7. The lowest BCUT2D eigenvalue weighted by molar-refractivity contribution is -0.232. The SMILES string of the molecule is CC12CC[C@@]34CC35CC[C@H](OC3CNCCO3)C(C)(C)C5CCC4C1CC1OC([C@H](O)C(C)(C)O)CCC12.O=C1CCCN1.[HH]. The minimum Gasteiger partial charge on any atom is -0.388 e. The van der Waals surface area contributed by atoms with Crippen molar-refractivity contribution in [3.05, 3.63) is 0 Å². The first-order valence-corrected chi connectivity index (χ1v) is 18.1. The van der Waals surface area contributed by atoms with Crippen molar-refractivity contribution in [2.75, 3.05) is 26.2 Å². The highest BCUT2D eigenvalue weighted by Gasteiger charge is 2.80. The Kier molecular flexibility index (Phi) is 8.06. The average Bonchev–Trinajstić information content (AvgIpc) is 3.21. The molecule has 0 radical (unpaired) electrons. The summed E-state index contributed by atoms with van der Waals surface area (Å²) in [7, 11) is 0. The van der Waals surface area contributed by atoms with Gasteiger partial charge in [0.15, 0.2) is 6.29 Å². The van der Waals surface area contributed by atoms with E-state index in [9.17, 15) is 15.0 Å². The molecular formula is C36H62N2O6. The van der Waals surface area contributed by atoms with Gasteiger partial charge in [-0.05, 0) is 130 Å². The molecule has 8 aliphatic rings. The maximum Gasteiger partial charge on any atom is 0.220 e. The number of aliphatic hydroxyl groups excluding tert-OH is 1. The first-order valence-electron chi connectivity index (χ1n) is 18.1. The van der Waals surface area contributed by atoms with Crippen LogP contribution in [-0.4, -0.2) is 78.7 Å². The highest BCUT2D eigenvalue weighted by molar-refractivity contribution is 5.77. The minimum atomic E-state index is -1.12. The number of nitrogens with one attached hydrogen (secondary N) is 2. The van der Waals surface area contributed by atoms with Gasteiger partial charge in [0.05, 0.1) is 30.5 Å². The number of rotatable bonds is 4. The van der Waals surface area contributed by atoms with Crippen molar-refractivity contribution in [3.63, 3.8) is 0 Å². The Morgan fingerprint density at radius 3 is 2.45 bits per heavy atom. The Morgan fingerprint density at radius 1 is 1.00 bits per heavy atom. The van der Waals surface area contributed by atoms with Crippen molar-refractivity contribution < 1.29 is 30.6 Å². The summed E-state index contributed by atoms with van der Waals surface area (Å²) in [6.45, 7) is 14.4. The molecule has 252 valence electrons. The number of fused-ring (bicyclic) bond motifs is 4. The zero-order valence-corrected chi connectivity index (χ0v) is 28.0. The maximum absolute atomic E-state index is 10.8. The van der Waals surface area contributed by atoms with E-state index in [0.29, 0.717) is 22.2 Å². The first-order chi connectivity index (χ1) is 20.8. The lowest BCUT2D eigenvalue weighted by atomic mass is 9.46. The summed E-state index contributed by atoms with van der Waals surface area (Å²) in [4.78, 5) is 10.1. The van der Waals surface area contributed by atoms with Crippen molar-refractivity contribution in [1.29, 1.82) is 0 Å². The number of morpholine rings is 1. The van der Waals surface area contributed by atoms with Gasteiger partial charge in [-0.1, -0.05) is 20.8 Å². The molecule has 2 spiro atoms. The van der Waals surface area contributed by atoms with Crippen molar-refractivity contribution in [2.24, 2.45) is 45.3 Å². The van der Waals surface area contributed by atoms with Gasteiger partial charge in [-0.25, -0.2) is 0 Å². The third kappa shape index (κ3) is 4.94. The van der Waals surface area contributed by atoms with Gasteiger partial charge in [-0.2, -0.15) is 0 Å². The third-order valence-corrected chi connectivity index (χ3v) is 14.7. The van der Waals surface area contributed by atoms with Crippen LogP contribution in [0.2, 0.25) is 0 Å². The van der Waals surface area contributed by atoms with E-state index >= 15 is 0 Å². The molecule has 4 N–H and O–H groups in total. The molecule has 0 aromatic rings. The summed E-state index contributed by atoms with van der Waals surface area (Å²) < 4.78 is 19.3. The maximum atomic E-state index is 10.8. The highest BCUT2D eigenvalue weighted by atomic mass is 16.7. The van der Waals surface area contributed by atoms with Crippen LogP contribution in [0.25, 0.3) is 0 Å². The quantitative estimate of drug-likeness (QED) is 0.359. The molecule has 5 saturated carbocycles. The van der Waals surface area contributed by atoms with Gasteiger partial charge in [-0.3, -0.25) is 4.79 Å². The summed E-state index contributed by atoms with van der Waals surface area (Å²) >= 11 is 0. The van der Waals surface area contributed by atoms with Crippen LogP contribution in [0.4, 0.5) is 0 Å². The van der Waals surface area contributed by atoms with Crippen LogP contribution in [0.3, 0.4) is 0 Å². The summed E-state index contributed by atoms with van der Waals surface area (Å²) in [5.41, 5.74) is 0.473. The normalized spacial score (nSPS) is 49.6. The van der Waals surface area contributed by atoms with Gasteiger partial charge >= 0.3 is 0 Å². The second-order valence-electron chi connectivity index (χ2n) is 17.5. The van der Waals surface area contributed by atoms with E-state index in [0.717, 1.165) is 76.1 Å². The zero-order chi connectivity index (χ0) is 31.1. The van der Waals surface area contributed by atoms with Gasteiger partial charge in [0.2, 0.25) is 5.91 Å². The van der Waals surface area contributed by atoms with E-state index in [2.05, 4.69) is 31.4 Å². The molecule has 8 fully saturated rings. The fourth-order valence-electron chi connectivity index (χ4n) is 12.6. The number of carbonyl (C=O) groups excluding carboxylic acids is 1. The summed E-state index contributed by atoms with van der Waals surface area (Å²) in [6.07, 6.45) is 13.7. The van der Waals surface area contributed by atoms with Crippen LogP contribution in [0, 0.1) is 45.3 Å². The summed E-state index contributed by atoms with van der Waals surface area (Å²) in [5.74, 6) is 3.12. The molecule has 1 amide bonds. The van der Waals surface area contributed by atoms with Gasteiger partial charge < -0.3 is 35.1 Å². The third-order valence-electron chi connectivity index (χ3n) is 14.7. The zero-order valence-electron chi connectivity index (χ0n) is 28.0. The van der Waals surface area contributed by atoms with E-state index < -0.39 is 11.7 Å². The number of hydrogen-bond donors (Lipinski definition) is 4. The molecule has 0 aromatic carbocycles. The van der Waals surface area contributed by atoms with E-state index in [-0.39, 0.29) is 37.4 Å². The van der Waals surface area contributed by atoms with E-state index in [1.54, 1.807) is 13.8 Å². The fourth-order valence-corrected chi connectivity index (χ4v) is 12.6. The van der Waals surface area contributed by atoms with Crippen LogP contribution < -0.4 is 10.6 Å². The predicted molar refractivity (Wildman–Crippen MR) is 170 cm³/mol. The molecule has 8 rings (SSSR count). The largest absolute Gasteiger partial charge is 0.388 e. The van der Waals surface area contributed by atoms with E-state index in [1.165, 1.54) is 44.9 Å². The molecule has 12 atom stereocenters. The molecule has 9 unspecified atom stereocenters. The number of ether oxygens (including phenoxy) is 3. The molecule has 5 aliphatic carbocycles. The lowest BCUT2D eigenvalue weighted by Crippen LogP contribution is -2.56. The van der Waals surface area contributed by atoms with E-state index in [4.69, 9.17) is 14.2 Å². The standard InChI is InChI=1S/C32H53NO5.C4H7NO.H2/c1-28(2)24-9-7-19-21-16-23-20(6-8-22(37-23)27(34)29(3,4)35)30(21,5)12-13-31(19)18-32(24,31)11-10-25(28)38-26-17-33-14-15-36-26;6-4-2-1-3-5-4;/h19-27,33-35H,6-18H2,1-5H3;1-3H2,(H,5,6);1H/t19?,20?,21?,22?,23?,24?,25-,26?,27-,30?,31-,32?;;/m0../s1. The second kappa shape index (κ2) is 11.2. The van der Waals surface area contributed by atoms with Crippen molar-refractivity contribution in [1.82, 2.24) is 10.6 Å². The smallest absolute Gasteiger partial charge is 0.220 e. The van der Waals surface area contributed by atoms with Crippen LogP contribution in [0.15, 0.2) is 0 Å². The monoisotopic (exact) mass is 618 g/mol. The topological polar surface area (TPSA) is 109 Å². The Hall–Kier alpha value is -0.770. The molecule has 3 saturated heterocycles. The lowest BCUT2D eigenvalue weighted by Gasteiger charge is -2.60. The van der Waals surface area contributed by atoms with Gasteiger partial charge in [0.1, 0.15) is 6.10 Å². The van der Waals surface area contributed by atoms with Gasteiger partial charge in [0.25, 0.3) is 0 Å². The van der Waals surface area contributed by atoms with Crippen LogP contribution in [0.5, 0.6) is 0 Å². The highest BCUT2D eigenvalue weighted by Crippen LogP contribution is 2.87. The molecule has 8 heteroatoms. The molecule has 0 aromatic heterocycles. The predicted octanol–water partition coefficient (Wildman–Crippen LogP) is 4.80. The number of carbonyl (C=O) groups is 1. The summed E-state index contributed by atoms with van der Waals surface area (Å²) in [5, 5.41) is 27.4. The Balaban J connectivity index is 0.000000460. The Bertz CT molecular complexity index is 1090. The number of amides is 1. The van der Waals surface area contributed by atoms with Crippen LogP contribution in [0.1, 0.15) is 113 Å². The molecular weight excluding hydrogens is 556 g/mol. The van der Waals surface area contributed by atoms with E-state index in [1.807, 2.05) is 0 Å². The molecule has 44 heavy (non-hydrogen) atoms. The second-order valence-corrected chi connectivity index (χ2v) is 17.5. The van der Waals surface area contributed by atoms with Crippen molar-refractivity contribution in [3.8, 4) is 0 Å². The molecule has 8 nitrogen and oxygen atoms in total. The van der Waals surface area contributed by atoms with Crippen LogP contribution in [-0.2, 0) is 19.0 Å². The van der Waals surface area contributed by atoms with Crippen LogP contribution >= 0.6 is 0 Å². The average molecular weight is 619 g/mol. The van der Waals surface area contributed by atoms with Gasteiger partial charge in [0, 0.05) is 27.5 Å².